The first kappa shape index (κ1) is 12.3. The van der Waals surface area contributed by atoms with Crippen LogP contribution >= 0.6 is 15.9 Å². The van der Waals surface area contributed by atoms with Gasteiger partial charge in [0.15, 0.2) is 5.78 Å². The average Bonchev–Trinajstić information content (AvgIpc) is 2.76. The number of ether oxygens (including phenoxy) is 1. The Morgan fingerprint density at radius 1 is 1.47 bits per heavy atom. The summed E-state index contributed by atoms with van der Waals surface area (Å²) in [5.74, 6) is 0.704. The number of halogens is 1. The van der Waals surface area contributed by atoms with Gasteiger partial charge in [0.25, 0.3) is 0 Å². The highest BCUT2D eigenvalue weighted by atomic mass is 79.9. The van der Waals surface area contributed by atoms with Gasteiger partial charge < -0.3 is 4.74 Å². The van der Waals surface area contributed by atoms with E-state index in [4.69, 9.17) is 4.74 Å². The van der Waals surface area contributed by atoms with Crippen LogP contribution in [0.5, 0.6) is 5.75 Å². The van der Waals surface area contributed by atoms with Crippen LogP contribution in [-0.2, 0) is 4.79 Å². The zero-order chi connectivity index (χ0) is 12.4. The molecule has 0 aromatic heterocycles. The minimum atomic E-state index is -0.161. The molecule has 90 valence electrons. The van der Waals surface area contributed by atoms with Gasteiger partial charge in [-0.2, -0.15) is 0 Å². The van der Waals surface area contributed by atoms with E-state index >= 15 is 0 Å². The van der Waals surface area contributed by atoms with Crippen molar-refractivity contribution in [1.82, 2.24) is 0 Å². The Morgan fingerprint density at radius 2 is 2.24 bits per heavy atom. The predicted octanol–water partition coefficient (Wildman–Crippen LogP) is 3.01. The molecule has 0 radical (unpaired) electrons. The molecule has 1 unspecified atom stereocenters. The fourth-order valence-corrected chi connectivity index (χ4v) is 2.52. The van der Waals surface area contributed by atoms with Gasteiger partial charge in [0.1, 0.15) is 11.5 Å². The number of hydrogen-bond acceptors (Lipinski definition) is 3. The molecule has 1 aliphatic rings. The van der Waals surface area contributed by atoms with Gasteiger partial charge in [0, 0.05) is 28.8 Å². The topological polar surface area (TPSA) is 43.4 Å². The lowest BCUT2D eigenvalue weighted by atomic mass is 9.96. The normalized spacial score (nSPS) is 19.4. The molecule has 0 amide bonds. The van der Waals surface area contributed by atoms with E-state index < -0.39 is 0 Å². The summed E-state index contributed by atoms with van der Waals surface area (Å²) in [6.45, 7) is 0. The summed E-state index contributed by atoms with van der Waals surface area (Å²) in [5, 5.41) is 0. The molecule has 1 aliphatic carbocycles. The highest BCUT2D eigenvalue weighted by Crippen LogP contribution is 2.30. The van der Waals surface area contributed by atoms with Crippen LogP contribution < -0.4 is 4.74 Å². The standard InChI is InChI=1S/C13H13BrO3/c1-17-10-4-5-12(14)11(7-10)13(16)8-2-3-9(15)6-8/h4-5,7-8H,2-3,6H2,1H3. The molecule has 1 saturated carbocycles. The van der Waals surface area contributed by atoms with Gasteiger partial charge in [-0.15, -0.1) is 0 Å². The molecule has 4 heteroatoms. The zero-order valence-corrected chi connectivity index (χ0v) is 11.1. The maximum atomic E-state index is 12.2. The van der Waals surface area contributed by atoms with E-state index in [1.165, 1.54) is 0 Å². The van der Waals surface area contributed by atoms with E-state index in [0.717, 1.165) is 4.47 Å². The quantitative estimate of drug-likeness (QED) is 0.805. The van der Waals surface area contributed by atoms with Crippen molar-refractivity contribution in [3.8, 4) is 5.75 Å². The number of carbonyl (C=O) groups is 2. The molecule has 0 saturated heterocycles. The summed E-state index contributed by atoms with van der Waals surface area (Å²) in [6.07, 6.45) is 1.57. The maximum absolute atomic E-state index is 12.2. The maximum Gasteiger partial charge on any atom is 0.167 e. The van der Waals surface area contributed by atoms with E-state index in [-0.39, 0.29) is 17.5 Å². The predicted molar refractivity (Wildman–Crippen MR) is 67.4 cm³/mol. The van der Waals surface area contributed by atoms with Gasteiger partial charge in [0.2, 0.25) is 0 Å². The first-order valence-corrected chi connectivity index (χ1v) is 6.30. The summed E-state index contributed by atoms with van der Waals surface area (Å²) < 4.78 is 5.86. The van der Waals surface area contributed by atoms with Gasteiger partial charge >= 0.3 is 0 Å². The second-order valence-corrected chi connectivity index (χ2v) is 5.04. The molecule has 0 N–H and O–H groups in total. The summed E-state index contributed by atoms with van der Waals surface area (Å²) >= 11 is 3.36. The monoisotopic (exact) mass is 296 g/mol. The second-order valence-electron chi connectivity index (χ2n) is 4.19. The van der Waals surface area contributed by atoms with Crippen LogP contribution in [0.3, 0.4) is 0 Å². The van der Waals surface area contributed by atoms with Gasteiger partial charge in [-0.25, -0.2) is 0 Å². The zero-order valence-electron chi connectivity index (χ0n) is 9.53. The van der Waals surface area contributed by atoms with E-state index in [0.29, 0.717) is 30.6 Å². The van der Waals surface area contributed by atoms with Gasteiger partial charge in [-0.1, -0.05) is 15.9 Å². The number of methoxy groups -OCH3 is 1. The average molecular weight is 297 g/mol. The van der Waals surface area contributed by atoms with Crippen LogP contribution in [0, 0.1) is 5.92 Å². The summed E-state index contributed by atoms with van der Waals surface area (Å²) in [7, 11) is 1.57. The van der Waals surface area contributed by atoms with Crippen LogP contribution in [-0.4, -0.2) is 18.7 Å². The van der Waals surface area contributed by atoms with E-state index in [2.05, 4.69) is 15.9 Å². The summed E-state index contributed by atoms with van der Waals surface area (Å²) in [4.78, 5) is 23.5. The summed E-state index contributed by atoms with van der Waals surface area (Å²) in [6, 6.07) is 5.30. The fraction of sp³-hybridized carbons (Fsp3) is 0.385. The lowest BCUT2D eigenvalue weighted by Gasteiger charge is -2.10. The van der Waals surface area contributed by atoms with Crippen molar-refractivity contribution >= 4 is 27.5 Å². The lowest BCUT2D eigenvalue weighted by Crippen LogP contribution is -2.12. The van der Waals surface area contributed by atoms with Crippen LogP contribution in [0.15, 0.2) is 22.7 Å². The molecule has 3 nitrogen and oxygen atoms in total. The molecule has 1 fully saturated rings. The van der Waals surface area contributed by atoms with E-state index in [1.54, 1.807) is 25.3 Å². The van der Waals surface area contributed by atoms with Crippen LogP contribution in [0.2, 0.25) is 0 Å². The van der Waals surface area contributed by atoms with Gasteiger partial charge in [-0.05, 0) is 24.6 Å². The minimum absolute atomic E-state index is 0.0293. The number of carbonyl (C=O) groups excluding carboxylic acids is 2. The van der Waals surface area contributed by atoms with Gasteiger partial charge in [0.05, 0.1) is 7.11 Å². The van der Waals surface area contributed by atoms with Crippen molar-refractivity contribution in [3.63, 3.8) is 0 Å². The number of Topliss-reactive ketones (excluding diaryl/α,β-unsaturated/α-hetero) is 2. The molecular weight excluding hydrogens is 284 g/mol. The highest BCUT2D eigenvalue weighted by Gasteiger charge is 2.29. The third-order valence-corrected chi connectivity index (χ3v) is 3.75. The molecular formula is C13H13BrO3. The highest BCUT2D eigenvalue weighted by molar-refractivity contribution is 9.10. The summed E-state index contributed by atoms with van der Waals surface area (Å²) in [5.41, 5.74) is 0.601. The first-order valence-electron chi connectivity index (χ1n) is 5.51. The third-order valence-electron chi connectivity index (χ3n) is 3.06. The Hall–Kier alpha value is -1.16. The Balaban J connectivity index is 2.26. The Bertz CT molecular complexity index is 468. The van der Waals surface area contributed by atoms with Crippen molar-refractivity contribution in [2.24, 2.45) is 5.92 Å². The van der Waals surface area contributed by atoms with Crippen molar-refractivity contribution in [1.29, 1.82) is 0 Å². The minimum Gasteiger partial charge on any atom is -0.497 e. The van der Waals surface area contributed by atoms with Gasteiger partial charge in [-0.3, -0.25) is 9.59 Å². The molecule has 0 spiro atoms. The van der Waals surface area contributed by atoms with E-state index in [9.17, 15) is 9.59 Å². The molecule has 0 aliphatic heterocycles. The van der Waals surface area contributed by atoms with E-state index in [1.807, 2.05) is 0 Å². The molecule has 0 heterocycles. The number of rotatable bonds is 3. The molecule has 2 rings (SSSR count). The largest absolute Gasteiger partial charge is 0.497 e. The molecule has 1 aromatic carbocycles. The number of ketones is 2. The number of benzene rings is 1. The second kappa shape index (κ2) is 5.00. The van der Waals surface area contributed by atoms with Crippen LogP contribution in [0.4, 0.5) is 0 Å². The van der Waals surface area contributed by atoms with Crippen molar-refractivity contribution in [2.75, 3.05) is 7.11 Å². The third kappa shape index (κ3) is 2.57. The Labute approximate surface area is 108 Å². The molecule has 1 aromatic rings. The van der Waals surface area contributed by atoms with Crippen LogP contribution in [0.25, 0.3) is 0 Å². The Kier molecular flexibility index (Phi) is 3.62. The smallest absolute Gasteiger partial charge is 0.167 e. The lowest BCUT2D eigenvalue weighted by molar-refractivity contribution is -0.117. The first-order chi connectivity index (χ1) is 8.11. The SMILES string of the molecule is COc1ccc(Br)c(C(=O)C2CCC(=O)C2)c1. The van der Waals surface area contributed by atoms with Crippen molar-refractivity contribution in [3.05, 3.63) is 28.2 Å². The molecule has 0 bridgehead atoms. The number of hydrogen-bond donors (Lipinski definition) is 0. The van der Waals surface area contributed by atoms with Crippen molar-refractivity contribution in [2.45, 2.75) is 19.3 Å². The van der Waals surface area contributed by atoms with Crippen molar-refractivity contribution < 1.29 is 14.3 Å². The fourth-order valence-electron chi connectivity index (χ4n) is 2.08. The molecule has 17 heavy (non-hydrogen) atoms. The van der Waals surface area contributed by atoms with Crippen LogP contribution in [0.1, 0.15) is 29.6 Å². The molecule has 1 atom stereocenters. The Morgan fingerprint density at radius 3 is 2.82 bits per heavy atom.